The third kappa shape index (κ3) is 3.49. The average molecular weight is 433 g/mol. The van der Waals surface area contributed by atoms with Crippen molar-refractivity contribution in [1.29, 1.82) is 0 Å². The lowest BCUT2D eigenvalue weighted by atomic mass is 10.0. The molecule has 158 valence electrons. The molecule has 1 saturated heterocycles. The maximum atomic E-state index is 13.8. The highest BCUT2D eigenvalue weighted by atomic mass is 32.1. The van der Waals surface area contributed by atoms with Gasteiger partial charge in [-0.3, -0.25) is 4.79 Å². The molecule has 1 aliphatic heterocycles. The molecule has 6 nitrogen and oxygen atoms in total. The van der Waals surface area contributed by atoms with Crippen LogP contribution in [-0.2, 0) is 6.54 Å². The molecule has 0 N–H and O–H groups in total. The molecular formula is C24H24N4O2S. The molecule has 4 heterocycles. The number of aromatic nitrogens is 3. The number of carbonyl (C=O) groups is 1. The number of fused-ring (bicyclic) bond motifs is 1. The van der Waals surface area contributed by atoms with Crippen LogP contribution in [0.5, 0.6) is 5.75 Å². The Morgan fingerprint density at radius 1 is 1.26 bits per heavy atom. The van der Waals surface area contributed by atoms with Crippen LogP contribution in [0.3, 0.4) is 0 Å². The van der Waals surface area contributed by atoms with E-state index in [-0.39, 0.29) is 11.9 Å². The number of thiophene rings is 1. The van der Waals surface area contributed by atoms with E-state index in [0.29, 0.717) is 12.1 Å². The number of carbonyl (C=O) groups excluding carboxylic acids is 1. The number of benzene rings is 1. The second-order valence-corrected chi connectivity index (χ2v) is 8.61. The van der Waals surface area contributed by atoms with Crippen LogP contribution in [0.4, 0.5) is 0 Å². The van der Waals surface area contributed by atoms with Gasteiger partial charge in [-0.2, -0.15) is 5.10 Å². The number of amides is 1. The van der Waals surface area contributed by atoms with Crippen LogP contribution in [0.25, 0.3) is 21.6 Å². The van der Waals surface area contributed by atoms with Crippen LogP contribution >= 0.6 is 11.3 Å². The summed E-state index contributed by atoms with van der Waals surface area (Å²) in [6, 6.07) is 14.1. The van der Waals surface area contributed by atoms with Gasteiger partial charge in [0, 0.05) is 13.1 Å². The zero-order chi connectivity index (χ0) is 21.4. The fourth-order valence-electron chi connectivity index (χ4n) is 4.34. The number of pyridine rings is 1. The van der Waals surface area contributed by atoms with Crippen LogP contribution in [0.2, 0.25) is 0 Å². The standard InChI is InChI=1S/C24H24N4O2S/c1-3-28-23-19(15-25-28)18(14-20(26-23)22-7-5-13-31-22)24(29)27-12-4-6-21(27)16-8-10-17(30-2)11-9-16/h5,7-11,13-15,21H,3-4,6,12H2,1-2H3/t21-/m1/s1. The summed E-state index contributed by atoms with van der Waals surface area (Å²) in [5.74, 6) is 0.863. The van der Waals surface area contributed by atoms with Gasteiger partial charge >= 0.3 is 0 Å². The Labute approximate surface area is 185 Å². The zero-order valence-corrected chi connectivity index (χ0v) is 18.4. The summed E-state index contributed by atoms with van der Waals surface area (Å²) in [6.45, 7) is 3.49. The van der Waals surface area contributed by atoms with Gasteiger partial charge in [0.15, 0.2) is 5.65 Å². The topological polar surface area (TPSA) is 60.2 Å². The van der Waals surface area contributed by atoms with Crippen molar-refractivity contribution in [3.05, 3.63) is 65.2 Å². The third-order valence-corrected chi connectivity index (χ3v) is 6.82. The van der Waals surface area contributed by atoms with E-state index in [0.717, 1.165) is 52.3 Å². The molecule has 1 atom stereocenters. The summed E-state index contributed by atoms with van der Waals surface area (Å²) >= 11 is 1.63. The number of methoxy groups -OCH3 is 1. The van der Waals surface area contributed by atoms with E-state index in [2.05, 4.69) is 17.2 Å². The maximum Gasteiger partial charge on any atom is 0.255 e. The van der Waals surface area contributed by atoms with Crippen LogP contribution in [0, 0.1) is 0 Å². The molecule has 0 bridgehead atoms. The second kappa shape index (κ2) is 8.15. The molecule has 1 fully saturated rings. The molecule has 5 rings (SSSR count). The molecule has 1 amide bonds. The Hall–Kier alpha value is -3.19. The van der Waals surface area contributed by atoms with E-state index < -0.39 is 0 Å². The molecule has 0 aliphatic carbocycles. The van der Waals surface area contributed by atoms with E-state index >= 15 is 0 Å². The molecule has 3 aromatic heterocycles. The van der Waals surface area contributed by atoms with Crippen molar-refractivity contribution in [2.45, 2.75) is 32.4 Å². The van der Waals surface area contributed by atoms with Crippen molar-refractivity contribution in [2.24, 2.45) is 0 Å². The summed E-state index contributed by atoms with van der Waals surface area (Å²) in [5.41, 5.74) is 3.39. The average Bonchev–Trinajstić information content (AvgIpc) is 3.58. The van der Waals surface area contributed by atoms with E-state index in [9.17, 15) is 4.79 Å². The van der Waals surface area contributed by atoms with Gasteiger partial charge in [0.05, 0.1) is 40.9 Å². The number of hydrogen-bond donors (Lipinski definition) is 0. The van der Waals surface area contributed by atoms with Gasteiger partial charge in [-0.05, 0) is 55.0 Å². The van der Waals surface area contributed by atoms with E-state index in [4.69, 9.17) is 9.72 Å². The maximum absolute atomic E-state index is 13.8. The summed E-state index contributed by atoms with van der Waals surface area (Å²) < 4.78 is 7.14. The molecule has 4 aromatic rings. The molecule has 31 heavy (non-hydrogen) atoms. The van der Waals surface area contributed by atoms with Crippen molar-refractivity contribution in [1.82, 2.24) is 19.7 Å². The van der Waals surface area contributed by atoms with Gasteiger partial charge in [0.25, 0.3) is 5.91 Å². The Balaban J connectivity index is 1.57. The monoisotopic (exact) mass is 432 g/mol. The Bertz CT molecular complexity index is 1210. The highest BCUT2D eigenvalue weighted by molar-refractivity contribution is 7.13. The molecular weight excluding hydrogens is 408 g/mol. The van der Waals surface area contributed by atoms with Crippen molar-refractivity contribution in [3.63, 3.8) is 0 Å². The van der Waals surface area contributed by atoms with Crippen molar-refractivity contribution >= 4 is 28.3 Å². The van der Waals surface area contributed by atoms with Gasteiger partial charge in [0.1, 0.15) is 5.75 Å². The second-order valence-electron chi connectivity index (χ2n) is 7.66. The van der Waals surface area contributed by atoms with Crippen LogP contribution in [0.1, 0.15) is 41.7 Å². The minimum atomic E-state index is 0.0409. The van der Waals surface area contributed by atoms with Crippen LogP contribution in [0.15, 0.2) is 54.0 Å². The highest BCUT2D eigenvalue weighted by Crippen LogP contribution is 2.36. The Kier molecular flexibility index (Phi) is 5.19. The summed E-state index contributed by atoms with van der Waals surface area (Å²) in [7, 11) is 1.66. The number of likely N-dealkylation sites (tertiary alicyclic amines) is 1. The van der Waals surface area contributed by atoms with Gasteiger partial charge in [-0.15, -0.1) is 11.3 Å². The quantitative estimate of drug-likeness (QED) is 0.437. The summed E-state index contributed by atoms with van der Waals surface area (Å²) in [5, 5.41) is 7.32. The first-order valence-corrected chi connectivity index (χ1v) is 11.4. The predicted molar refractivity (Wildman–Crippen MR) is 123 cm³/mol. The molecule has 1 aliphatic rings. The molecule has 7 heteroatoms. The SMILES string of the molecule is CCn1ncc2c(C(=O)N3CCC[C@@H]3c3ccc(OC)cc3)cc(-c3cccs3)nc21. The lowest BCUT2D eigenvalue weighted by molar-refractivity contribution is 0.0737. The minimum Gasteiger partial charge on any atom is -0.497 e. The Morgan fingerprint density at radius 3 is 2.81 bits per heavy atom. The van der Waals surface area contributed by atoms with Gasteiger partial charge in [0.2, 0.25) is 0 Å². The summed E-state index contributed by atoms with van der Waals surface area (Å²) in [6.07, 6.45) is 3.72. The third-order valence-electron chi connectivity index (χ3n) is 5.93. The zero-order valence-electron chi connectivity index (χ0n) is 17.6. The molecule has 0 radical (unpaired) electrons. The number of ether oxygens (including phenoxy) is 1. The first-order chi connectivity index (χ1) is 15.2. The first kappa shape index (κ1) is 19.8. The van der Waals surface area contributed by atoms with E-state index in [1.165, 1.54) is 0 Å². The molecule has 0 saturated carbocycles. The molecule has 0 unspecified atom stereocenters. The fourth-order valence-corrected chi connectivity index (χ4v) is 5.03. The minimum absolute atomic E-state index is 0.0409. The highest BCUT2D eigenvalue weighted by Gasteiger charge is 2.32. The predicted octanol–water partition coefficient (Wildman–Crippen LogP) is 5.17. The van der Waals surface area contributed by atoms with Gasteiger partial charge in [-0.25, -0.2) is 9.67 Å². The number of hydrogen-bond acceptors (Lipinski definition) is 5. The van der Waals surface area contributed by atoms with E-state index in [1.54, 1.807) is 24.6 Å². The Morgan fingerprint density at radius 2 is 2.10 bits per heavy atom. The number of aryl methyl sites for hydroxylation is 1. The molecule has 0 spiro atoms. The van der Waals surface area contributed by atoms with Crippen molar-refractivity contribution in [2.75, 3.05) is 13.7 Å². The van der Waals surface area contributed by atoms with E-state index in [1.807, 2.05) is 52.2 Å². The lowest BCUT2D eigenvalue weighted by Gasteiger charge is -2.26. The van der Waals surface area contributed by atoms with Crippen LogP contribution < -0.4 is 4.74 Å². The normalized spacial score (nSPS) is 16.2. The first-order valence-electron chi connectivity index (χ1n) is 10.5. The molecule has 1 aromatic carbocycles. The largest absolute Gasteiger partial charge is 0.497 e. The van der Waals surface area contributed by atoms with Gasteiger partial charge < -0.3 is 9.64 Å². The number of nitrogens with zero attached hydrogens (tertiary/aromatic N) is 4. The smallest absolute Gasteiger partial charge is 0.255 e. The lowest BCUT2D eigenvalue weighted by Crippen LogP contribution is -2.30. The summed E-state index contributed by atoms with van der Waals surface area (Å²) in [4.78, 5) is 21.7. The van der Waals surface area contributed by atoms with Crippen LogP contribution in [-0.4, -0.2) is 39.2 Å². The van der Waals surface area contributed by atoms with Crippen molar-refractivity contribution < 1.29 is 9.53 Å². The van der Waals surface area contributed by atoms with Gasteiger partial charge in [-0.1, -0.05) is 18.2 Å². The van der Waals surface area contributed by atoms with Crippen molar-refractivity contribution in [3.8, 4) is 16.3 Å². The number of rotatable bonds is 5. The fraction of sp³-hybridized carbons (Fsp3) is 0.292.